The Morgan fingerprint density at radius 3 is 2.95 bits per heavy atom. The molecule has 21 heavy (non-hydrogen) atoms. The van der Waals surface area contributed by atoms with Crippen molar-refractivity contribution < 1.29 is 0 Å². The number of pyridine rings is 2. The van der Waals surface area contributed by atoms with Crippen LogP contribution < -0.4 is 5.32 Å². The molecule has 2 N–H and O–H groups in total. The van der Waals surface area contributed by atoms with Crippen LogP contribution in [0, 0.1) is 6.92 Å². The van der Waals surface area contributed by atoms with Crippen LogP contribution in [0.25, 0.3) is 11.3 Å². The zero-order valence-electron chi connectivity index (χ0n) is 11.5. The van der Waals surface area contributed by atoms with Crippen LogP contribution in [0.4, 0.5) is 5.69 Å². The quantitative estimate of drug-likeness (QED) is 0.724. The molecule has 3 aromatic rings. The Morgan fingerprint density at radius 2 is 2.19 bits per heavy atom. The number of aromatic amines is 1. The van der Waals surface area contributed by atoms with Gasteiger partial charge >= 0.3 is 0 Å². The number of H-pyrrole nitrogens is 1. The molecule has 6 heteroatoms. The van der Waals surface area contributed by atoms with Crippen molar-refractivity contribution in [3.63, 3.8) is 0 Å². The highest BCUT2D eigenvalue weighted by Crippen LogP contribution is 2.21. The molecule has 3 rings (SSSR count). The number of hydrogen-bond donors (Lipinski definition) is 2. The highest BCUT2D eigenvalue weighted by molar-refractivity contribution is 6.30. The van der Waals surface area contributed by atoms with Gasteiger partial charge in [0.05, 0.1) is 23.8 Å². The van der Waals surface area contributed by atoms with Gasteiger partial charge in [-0.2, -0.15) is 5.10 Å². The van der Waals surface area contributed by atoms with Gasteiger partial charge < -0.3 is 5.32 Å². The first kappa shape index (κ1) is 13.6. The van der Waals surface area contributed by atoms with Crippen LogP contribution in [0.1, 0.15) is 11.1 Å². The van der Waals surface area contributed by atoms with Crippen LogP contribution in [-0.4, -0.2) is 20.2 Å². The lowest BCUT2D eigenvalue weighted by molar-refractivity contribution is 1.09. The Balaban J connectivity index is 1.77. The monoisotopic (exact) mass is 299 g/mol. The number of nitrogens with zero attached hydrogens (tertiary/aromatic N) is 3. The number of halogens is 1. The van der Waals surface area contributed by atoms with Crippen LogP contribution in [0.2, 0.25) is 5.15 Å². The summed E-state index contributed by atoms with van der Waals surface area (Å²) < 4.78 is 0. The fourth-order valence-corrected chi connectivity index (χ4v) is 2.16. The standard InChI is InChI=1S/C15H14ClN5/c1-10-5-13(9-19-15(10)16)18-7-12-8-20-21-14(12)11-3-2-4-17-6-11/h2-6,8-9,18H,7H2,1H3,(H,20,21). The fourth-order valence-electron chi connectivity index (χ4n) is 2.06. The summed E-state index contributed by atoms with van der Waals surface area (Å²) in [5, 5.41) is 11.0. The molecule has 0 aliphatic rings. The van der Waals surface area contributed by atoms with E-state index in [9.17, 15) is 0 Å². The number of rotatable bonds is 4. The minimum absolute atomic E-state index is 0.528. The van der Waals surface area contributed by atoms with Crippen LogP contribution in [0.3, 0.4) is 0 Å². The summed E-state index contributed by atoms with van der Waals surface area (Å²) in [6, 6.07) is 5.87. The predicted octanol–water partition coefficient (Wildman–Crippen LogP) is 3.44. The van der Waals surface area contributed by atoms with Gasteiger partial charge in [-0.15, -0.1) is 0 Å². The maximum Gasteiger partial charge on any atom is 0.132 e. The molecule has 0 amide bonds. The first-order valence-corrected chi connectivity index (χ1v) is 6.90. The Labute approximate surface area is 127 Å². The van der Waals surface area contributed by atoms with E-state index in [-0.39, 0.29) is 0 Å². The van der Waals surface area contributed by atoms with Crippen LogP contribution in [0.15, 0.2) is 43.0 Å². The van der Waals surface area contributed by atoms with E-state index >= 15 is 0 Å². The van der Waals surface area contributed by atoms with Gasteiger partial charge in [0.2, 0.25) is 0 Å². The molecule has 0 fully saturated rings. The fraction of sp³-hybridized carbons (Fsp3) is 0.133. The summed E-state index contributed by atoms with van der Waals surface area (Å²) >= 11 is 5.92. The van der Waals surface area contributed by atoms with Crippen molar-refractivity contribution in [1.82, 2.24) is 20.2 Å². The third-order valence-electron chi connectivity index (χ3n) is 3.17. The van der Waals surface area contributed by atoms with E-state index in [1.165, 1.54) is 0 Å². The molecule has 3 heterocycles. The molecule has 0 aromatic carbocycles. The van der Waals surface area contributed by atoms with Crippen molar-refractivity contribution >= 4 is 17.3 Å². The zero-order valence-corrected chi connectivity index (χ0v) is 12.2. The number of aryl methyl sites for hydroxylation is 1. The molecule has 3 aromatic heterocycles. The molecule has 0 aliphatic heterocycles. The minimum atomic E-state index is 0.528. The predicted molar refractivity (Wildman–Crippen MR) is 83.1 cm³/mol. The molecule has 0 atom stereocenters. The van der Waals surface area contributed by atoms with Gasteiger partial charge in [0, 0.05) is 30.1 Å². The van der Waals surface area contributed by atoms with Crippen molar-refractivity contribution in [3.05, 3.63) is 59.3 Å². The third kappa shape index (κ3) is 3.03. The summed E-state index contributed by atoms with van der Waals surface area (Å²) in [7, 11) is 0. The number of anilines is 1. The minimum Gasteiger partial charge on any atom is -0.380 e. The van der Waals surface area contributed by atoms with Gasteiger partial charge in [0.25, 0.3) is 0 Å². The second-order valence-electron chi connectivity index (χ2n) is 4.70. The smallest absolute Gasteiger partial charge is 0.132 e. The molecule has 0 bridgehead atoms. The van der Waals surface area contributed by atoms with Gasteiger partial charge in [0.1, 0.15) is 5.15 Å². The summed E-state index contributed by atoms with van der Waals surface area (Å²) in [6.07, 6.45) is 7.09. The van der Waals surface area contributed by atoms with Crippen molar-refractivity contribution in [3.8, 4) is 11.3 Å². The van der Waals surface area contributed by atoms with Gasteiger partial charge in [-0.25, -0.2) is 4.98 Å². The molecule has 0 saturated carbocycles. The molecule has 0 aliphatic carbocycles. The Kier molecular flexibility index (Phi) is 3.83. The average molecular weight is 300 g/mol. The first-order valence-electron chi connectivity index (χ1n) is 6.52. The molecular formula is C15H14ClN5. The molecule has 5 nitrogen and oxygen atoms in total. The number of aromatic nitrogens is 4. The Hall–Kier alpha value is -2.40. The average Bonchev–Trinajstić information content (AvgIpc) is 2.98. The topological polar surface area (TPSA) is 66.5 Å². The Morgan fingerprint density at radius 1 is 1.29 bits per heavy atom. The van der Waals surface area contributed by atoms with Crippen molar-refractivity contribution in [1.29, 1.82) is 0 Å². The van der Waals surface area contributed by atoms with Gasteiger partial charge in [-0.3, -0.25) is 10.1 Å². The van der Waals surface area contributed by atoms with E-state index in [1.54, 1.807) is 12.4 Å². The summed E-state index contributed by atoms with van der Waals surface area (Å²) in [4.78, 5) is 8.26. The van der Waals surface area contributed by atoms with E-state index in [0.717, 1.165) is 28.1 Å². The Bertz CT molecular complexity index is 739. The molecular weight excluding hydrogens is 286 g/mol. The van der Waals surface area contributed by atoms with Crippen molar-refractivity contribution in [2.75, 3.05) is 5.32 Å². The highest BCUT2D eigenvalue weighted by atomic mass is 35.5. The van der Waals surface area contributed by atoms with E-state index in [4.69, 9.17) is 11.6 Å². The van der Waals surface area contributed by atoms with E-state index < -0.39 is 0 Å². The second kappa shape index (κ2) is 5.93. The van der Waals surface area contributed by atoms with E-state index in [1.807, 2.05) is 37.5 Å². The highest BCUT2D eigenvalue weighted by Gasteiger charge is 2.08. The molecule has 0 spiro atoms. The van der Waals surface area contributed by atoms with Gasteiger partial charge in [-0.1, -0.05) is 11.6 Å². The van der Waals surface area contributed by atoms with Crippen LogP contribution in [-0.2, 0) is 6.54 Å². The first-order chi connectivity index (χ1) is 10.2. The maximum atomic E-state index is 5.92. The second-order valence-corrected chi connectivity index (χ2v) is 5.06. The van der Waals surface area contributed by atoms with Crippen molar-refractivity contribution in [2.45, 2.75) is 13.5 Å². The maximum absolute atomic E-state index is 5.92. The SMILES string of the molecule is Cc1cc(NCc2cn[nH]c2-c2cccnc2)cnc1Cl. The number of hydrogen-bond acceptors (Lipinski definition) is 4. The number of nitrogens with one attached hydrogen (secondary N) is 2. The lowest BCUT2D eigenvalue weighted by Gasteiger charge is -2.08. The van der Waals surface area contributed by atoms with E-state index in [2.05, 4.69) is 25.5 Å². The van der Waals surface area contributed by atoms with Gasteiger partial charge in [-0.05, 0) is 30.7 Å². The largest absolute Gasteiger partial charge is 0.380 e. The normalized spacial score (nSPS) is 10.6. The van der Waals surface area contributed by atoms with E-state index in [0.29, 0.717) is 11.7 Å². The molecule has 0 radical (unpaired) electrons. The summed E-state index contributed by atoms with van der Waals surface area (Å²) in [5.74, 6) is 0. The summed E-state index contributed by atoms with van der Waals surface area (Å²) in [6.45, 7) is 2.57. The molecule has 106 valence electrons. The lowest BCUT2D eigenvalue weighted by Crippen LogP contribution is -2.01. The van der Waals surface area contributed by atoms with Crippen LogP contribution in [0.5, 0.6) is 0 Å². The lowest BCUT2D eigenvalue weighted by atomic mass is 10.1. The van der Waals surface area contributed by atoms with Gasteiger partial charge in [0.15, 0.2) is 0 Å². The third-order valence-corrected chi connectivity index (χ3v) is 3.56. The van der Waals surface area contributed by atoms with Crippen LogP contribution >= 0.6 is 11.6 Å². The molecule has 0 saturated heterocycles. The molecule has 0 unspecified atom stereocenters. The summed E-state index contributed by atoms with van der Waals surface area (Å²) in [5.41, 5.74) is 4.92. The zero-order chi connectivity index (χ0) is 14.7. The van der Waals surface area contributed by atoms with Crippen molar-refractivity contribution in [2.24, 2.45) is 0 Å².